The second-order valence-corrected chi connectivity index (χ2v) is 3.59. The minimum Gasteiger partial charge on any atom is -0.359 e. The van der Waals surface area contributed by atoms with Gasteiger partial charge < -0.3 is 4.85 Å². The van der Waals surface area contributed by atoms with E-state index in [1.165, 1.54) is 0 Å². The van der Waals surface area contributed by atoms with Gasteiger partial charge in [0.15, 0.2) is 0 Å². The molecule has 3 nitrogen and oxygen atoms in total. The Labute approximate surface area is 72.3 Å². The summed E-state index contributed by atoms with van der Waals surface area (Å²) < 4.78 is 0. The van der Waals surface area contributed by atoms with Crippen molar-refractivity contribution in [2.75, 3.05) is 0 Å². The van der Waals surface area contributed by atoms with Crippen LogP contribution in [-0.2, 0) is 5.41 Å². The van der Waals surface area contributed by atoms with E-state index in [1.807, 2.05) is 20.8 Å². The van der Waals surface area contributed by atoms with Gasteiger partial charge in [-0.3, -0.25) is 4.98 Å². The Bertz CT molecular complexity index is 317. The molecule has 12 heavy (non-hydrogen) atoms. The maximum absolute atomic E-state index is 6.89. The first kappa shape index (κ1) is 8.66. The van der Waals surface area contributed by atoms with Gasteiger partial charge in [-0.25, -0.2) is 0 Å². The topological polar surface area (TPSA) is 30.1 Å². The summed E-state index contributed by atoms with van der Waals surface area (Å²) in [5, 5.41) is 0. The van der Waals surface area contributed by atoms with E-state index in [0.29, 0.717) is 5.82 Å². The van der Waals surface area contributed by atoms with E-state index in [2.05, 4.69) is 14.8 Å². The molecule has 62 valence electrons. The first-order valence-corrected chi connectivity index (χ1v) is 3.74. The van der Waals surface area contributed by atoms with Crippen LogP contribution in [0.2, 0.25) is 0 Å². The Kier molecular flexibility index (Phi) is 2.09. The van der Waals surface area contributed by atoms with Crippen molar-refractivity contribution in [3.63, 3.8) is 0 Å². The quantitative estimate of drug-likeness (QED) is 0.546. The molecule has 0 aliphatic carbocycles. The fraction of sp³-hybridized carbons (Fsp3) is 0.444. The third-order valence-corrected chi connectivity index (χ3v) is 1.50. The van der Waals surface area contributed by atoms with Gasteiger partial charge in [0.1, 0.15) is 6.20 Å². The van der Waals surface area contributed by atoms with Gasteiger partial charge >= 0.3 is 0 Å². The third kappa shape index (κ3) is 1.59. The minimum absolute atomic E-state index is 0.103. The molecule has 1 rings (SSSR count). The number of rotatable bonds is 0. The number of nitrogens with zero attached hydrogens (tertiary/aromatic N) is 3. The molecule has 0 bridgehead atoms. The van der Waals surface area contributed by atoms with Crippen molar-refractivity contribution in [3.05, 3.63) is 29.5 Å². The van der Waals surface area contributed by atoms with Crippen molar-refractivity contribution in [1.82, 2.24) is 9.97 Å². The highest BCUT2D eigenvalue weighted by Gasteiger charge is 2.19. The standard InChI is InChI=1S/C9H11N3/c1-9(2,3)7-8(10-4)12-6-5-11-7/h5-6H,1-3H3. The highest BCUT2D eigenvalue weighted by Crippen LogP contribution is 2.26. The molecule has 0 radical (unpaired) electrons. The third-order valence-electron chi connectivity index (χ3n) is 1.50. The fourth-order valence-electron chi connectivity index (χ4n) is 0.942. The van der Waals surface area contributed by atoms with Crippen molar-refractivity contribution in [2.24, 2.45) is 0 Å². The summed E-state index contributed by atoms with van der Waals surface area (Å²) in [6, 6.07) is 0. The summed E-state index contributed by atoms with van der Waals surface area (Å²) in [7, 11) is 0. The number of hydrogen-bond acceptors (Lipinski definition) is 2. The molecule has 0 aliphatic rings. The number of hydrogen-bond donors (Lipinski definition) is 0. The molecule has 1 heterocycles. The lowest BCUT2D eigenvalue weighted by molar-refractivity contribution is 0.569. The average Bonchev–Trinajstić information content (AvgIpc) is 2.03. The Hall–Kier alpha value is -1.43. The summed E-state index contributed by atoms with van der Waals surface area (Å²) in [6.45, 7) is 12.9. The second kappa shape index (κ2) is 2.90. The molecule has 0 aliphatic heterocycles. The van der Waals surface area contributed by atoms with Gasteiger partial charge in [0, 0.05) is 0 Å². The molecule has 0 saturated heterocycles. The first-order chi connectivity index (χ1) is 5.55. The predicted molar refractivity (Wildman–Crippen MR) is 47.0 cm³/mol. The molecule has 1 aromatic heterocycles. The Balaban J connectivity index is 3.26. The normalized spacial score (nSPS) is 10.8. The van der Waals surface area contributed by atoms with Crippen molar-refractivity contribution < 1.29 is 0 Å². The van der Waals surface area contributed by atoms with Crippen molar-refractivity contribution in [3.8, 4) is 0 Å². The maximum atomic E-state index is 6.89. The monoisotopic (exact) mass is 161 g/mol. The van der Waals surface area contributed by atoms with Crippen LogP contribution in [0.15, 0.2) is 12.4 Å². The van der Waals surface area contributed by atoms with E-state index >= 15 is 0 Å². The van der Waals surface area contributed by atoms with Crippen LogP contribution in [0.25, 0.3) is 4.85 Å². The van der Waals surface area contributed by atoms with Crippen LogP contribution in [0.3, 0.4) is 0 Å². The van der Waals surface area contributed by atoms with Gasteiger partial charge in [0.2, 0.25) is 0 Å². The van der Waals surface area contributed by atoms with E-state index < -0.39 is 0 Å². The van der Waals surface area contributed by atoms with Gasteiger partial charge in [-0.1, -0.05) is 27.3 Å². The van der Waals surface area contributed by atoms with Gasteiger partial charge in [-0.15, -0.1) is 4.98 Å². The molecule has 0 spiro atoms. The lowest BCUT2D eigenvalue weighted by atomic mass is 9.92. The Morgan fingerprint density at radius 3 is 2.25 bits per heavy atom. The Morgan fingerprint density at radius 1 is 1.25 bits per heavy atom. The molecular weight excluding hydrogens is 150 g/mol. The molecule has 0 N–H and O–H groups in total. The van der Waals surface area contributed by atoms with Gasteiger partial charge in [-0.05, 0) is 5.41 Å². The maximum Gasteiger partial charge on any atom is 0.291 e. The summed E-state index contributed by atoms with van der Waals surface area (Å²) in [5.74, 6) is 0.407. The van der Waals surface area contributed by atoms with Crippen molar-refractivity contribution in [2.45, 2.75) is 26.2 Å². The molecule has 0 amide bonds. The lowest BCUT2D eigenvalue weighted by Crippen LogP contribution is -2.13. The first-order valence-electron chi connectivity index (χ1n) is 3.74. The summed E-state index contributed by atoms with van der Waals surface area (Å²) in [5.41, 5.74) is 0.661. The van der Waals surface area contributed by atoms with Crippen LogP contribution >= 0.6 is 0 Å². The molecule has 3 heteroatoms. The van der Waals surface area contributed by atoms with Crippen LogP contribution in [-0.4, -0.2) is 9.97 Å². The summed E-state index contributed by atoms with van der Waals surface area (Å²) in [4.78, 5) is 11.4. The Morgan fingerprint density at radius 2 is 1.83 bits per heavy atom. The number of aromatic nitrogens is 2. The average molecular weight is 161 g/mol. The summed E-state index contributed by atoms with van der Waals surface area (Å²) >= 11 is 0. The minimum atomic E-state index is -0.103. The molecule has 0 saturated carbocycles. The van der Waals surface area contributed by atoms with Crippen LogP contribution < -0.4 is 0 Å². The van der Waals surface area contributed by atoms with Gasteiger partial charge in [0.25, 0.3) is 5.82 Å². The van der Waals surface area contributed by atoms with Gasteiger partial charge in [0.05, 0.1) is 11.9 Å². The van der Waals surface area contributed by atoms with Crippen LogP contribution in [0, 0.1) is 6.57 Å². The van der Waals surface area contributed by atoms with E-state index in [4.69, 9.17) is 6.57 Å². The molecule has 0 aromatic carbocycles. The highest BCUT2D eigenvalue weighted by molar-refractivity contribution is 5.43. The van der Waals surface area contributed by atoms with Crippen LogP contribution in [0.4, 0.5) is 5.82 Å². The lowest BCUT2D eigenvalue weighted by Gasteiger charge is -2.17. The zero-order valence-corrected chi connectivity index (χ0v) is 7.50. The zero-order chi connectivity index (χ0) is 9.19. The van der Waals surface area contributed by atoms with E-state index in [9.17, 15) is 0 Å². The van der Waals surface area contributed by atoms with Crippen molar-refractivity contribution in [1.29, 1.82) is 0 Å². The fourth-order valence-corrected chi connectivity index (χ4v) is 0.942. The van der Waals surface area contributed by atoms with E-state index in [-0.39, 0.29) is 5.41 Å². The van der Waals surface area contributed by atoms with E-state index in [0.717, 1.165) is 5.69 Å². The van der Waals surface area contributed by atoms with E-state index in [1.54, 1.807) is 12.4 Å². The van der Waals surface area contributed by atoms with Crippen molar-refractivity contribution >= 4 is 5.82 Å². The highest BCUT2D eigenvalue weighted by atomic mass is 14.9. The SMILES string of the molecule is [C-]#[N+]c1nccnc1C(C)(C)C. The molecule has 1 aromatic rings. The predicted octanol–water partition coefficient (Wildman–Crippen LogP) is 2.32. The smallest absolute Gasteiger partial charge is 0.291 e. The molecular formula is C9H11N3. The largest absolute Gasteiger partial charge is 0.359 e. The van der Waals surface area contributed by atoms with Gasteiger partial charge in [-0.2, -0.15) is 0 Å². The molecule has 0 atom stereocenters. The van der Waals surface area contributed by atoms with Crippen LogP contribution in [0.5, 0.6) is 0 Å². The zero-order valence-electron chi connectivity index (χ0n) is 7.50. The second-order valence-electron chi connectivity index (χ2n) is 3.59. The van der Waals surface area contributed by atoms with Crippen LogP contribution in [0.1, 0.15) is 26.5 Å². The molecule has 0 unspecified atom stereocenters. The molecule has 0 fully saturated rings. The summed E-state index contributed by atoms with van der Waals surface area (Å²) in [6.07, 6.45) is 3.16.